The Hall–Kier alpha value is -0.490. The molecule has 100 valence electrons. The van der Waals surface area contributed by atoms with E-state index >= 15 is 0 Å². The van der Waals surface area contributed by atoms with E-state index in [1.54, 1.807) is 0 Å². The number of rotatable bonds is 4. The highest BCUT2D eigenvalue weighted by Crippen LogP contribution is 2.26. The zero-order valence-electron chi connectivity index (χ0n) is 11.2. The number of anilines is 2. The van der Waals surface area contributed by atoms with Gasteiger partial charge in [-0.25, -0.2) is 0 Å². The van der Waals surface area contributed by atoms with Crippen molar-refractivity contribution in [2.75, 3.05) is 49.2 Å². The molecule has 1 heterocycles. The second-order valence-electron chi connectivity index (χ2n) is 4.44. The third-order valence-corrected chi connectivity index (χ3v) is 3.99. The van der Waals surface area contributed by atoms with Crippen LogP contribution >= 0.6 is 22.6 Å². The number of halogens is 1. The van der Waals surface area contributed by atoms with Crippen molar-refractivity contribution in [3.63, 3.8) is 0 Å². The summed E-state index contributed by atoms with van der Waals surface area (Å²) in [6, 6.07) is 6.83. The maximum Gasteiger partial charge on any atom is 0.0642 e. The highest BCUT2D eigenvalue weighted by Gasteiger charge is 2.13. The van der Waals surface area contributed by atoms with E-state index in [-0.39, 0.29) is 0 Å². The monoisotopic (exact) mass is 360 g/mol. The number of hydrogen-bond donors (Lipinski definition) is 0. The van der Waals surface area contributed by atoms with Crippen LogP contribution in [-0.2, 0) is 4.74 Å². The summed E-state index contributed by atoms with van der Waals surface area (Å²) in [5, 5.41) is 0. The summed E-state index contributed by atoms with van der Waals surface area (Å²) in [6.07, 6.45) is 0. The Morgan fingerprint density at radius 3 is 2.44 bits per heavy atom. The molecule has 1 aliphatic heterocycles. The van der Waals surface area contributed by atoms with Gasteiger partial charge < -0.3 is 14.5 Å². The Kier molecular flexibility index (Phi) is 5.12. The summed E-state index contributed by atoms with van der Waals surface area (Å²) < 4.78 is 6.72. The van der Waals surface area contributed by atoms with E-state index in [1.165, 1.54) is 14.9 Å². The Bertz CT molecular complexity index is 387. The second kappa shape index (κ2) is 6.61. The van der Waals surface area contributed by atoms with E-state index in [4.69, 9.17) is 4.74 Å². The molecule has 0 saturated carbocycles. The molecule has 4 heteroatoms. The second-order valence-corrected chi connectivity index (χ2v) is 5.68. The summed E-state index contributed by atoms with van der Waals surface area (Å²) >= 11 is 2.41. The number of benzene rings is 1. The summed E-state index contributed by atoms with van der Waals surface area (Å²) in [7, 11) is 0. The van der Waals surface area contributed by atoms with Crippen LogP contribution in [0.3, 0.4) is 0 Å². The van der Waals surface area contributed by atoms with Gasteiger partial charge in [-0.3, -0.25) is 0 Å². The Morgan fingerprint density at radius 1 is 1.17 bits per heavy atom. The summed E-state index contributed by atoms with van der Waals surface area (Å²) in [5.41, 5.74) is 2.65. The molecule has 0 unspecified atom stereocenters. The molecule has 0 bridgehead atoms. The van der Waals surface area contributed by atoms with Gasteiger partial charge in [-0.2, -0.15) is 0 Å². The largest absolute Gasteiger partial charge is 0.378 e. The van der Waals surface area contributed by atoms with Crippen LogP contribution in [-0.4, -0.2) is 39.4 Å². The lowest BCUT2D eigenvalue weighted by atomic mass is 10.2. The predicted octanol–water partition coefficient (Wildman–Crippen LogP) is 2.97. The van der Waals surface area contributed by atoms with Crippen LogP contribution in [0, 0.1) is 3.57 Å². The van der Waals surface area contributed by atoms with Crippen LogP contribution in [0.4, 0.5) is 11.4 Å². The van der Waals surface area contributed by atoms with E-state index in [2.05, 4.69) is 64.4 Å². The van der Waals surface area contributed by atoms with Gasteiger partial charge in [0.05, 0.1) is 13.2 Å². The topological polar surface area (TPSA) is 15.7 Å². The van der Waals surface area contributed by atoms with Gasteiger partial charge in [-0.15, -0.1) is 0 Å². The first-order valence-corrected chi connectivity index (χ1v) is 7.70. The quantitative estimate of drug-likeness (QED) is 0.768. The summed E-state index contributed by atoms with van der Waals surface area (Å²) in [4.78, 5) is 4.81. The molecule has 1 aromatic carbocycles. The van der Waals surface area contributed by atoms with Crippen molar-refractivity contribution >= 4 is 34.0 Å². The normalized spacial score (nSPS) is 15.8. The molecule has 1 aromatic rings. The highest BCUT2D eigenvalue weighted by atomic mass is 127. The summed E-state index contributed by atoms with van der Waals surface area (Å²) in [5.74, 6) is 0. The van der Waals surface area contributed by atoms with Crippen molar-refractivity contribution in [3.8, 4) is 0 Å². The fourth-order valence-electron chi connectivity index (χ4n) is 2.33. The van der Waals surface area contributed by atoms with E-state index in [0.717, 1.165) is 39.4 Å². The van der Waals surface area contributed by atoms with Crippen LogP contribution in [0.5, 0.6) is 0 Å². The molecule has 0 N–H and O–H groups in total. The standard InChI is InChI=1S/C14H21IN2O/c1-3-16(4-2)13-9-12(15)10-14(11-13)17-5-7-18-8-6-17/h9-11H,3-8H2,1-2H3. The first kappa shape index (κ1) is 13.9. The SMILES string of the molecule is CCN(CC)c1cc(I)cc(N2CCOCC2)c1. The molecule has 18 heavy (non-hydrogen) atoms. The van der Waals surface area contributed by atoms with Crippen molar-refractivity contribution < 1.29 is 4.74 Å². The minimum Gasteiger partial charge on any atom is -0.378 e. The van der Waals surface area contributed by atoms with Crippen LogP contribution in [0.2, 0.25) is 0 Å². The van der Waals surface area contributed by atoms with Gasteiger partial charge in [0.15, 0.2) is 0 Å². The number of morpholine rings is 1. The molecule has 0 aliphatic carbocycles. The Morgan fingerprint density at radius 2 is 1.83 bits per heavy atom. The molecule has 0 aromatic heterocycles. The van der Waals surface area contributed by atoms with Gasteiger partial charge in [0.2, 0.25) is 0 Å². The number of nitrogens with zero attached hydrogens (tertiary/aromatic N) is 2. The molecule has 3 nitrogen and oxygen atoms in total. The van der Waals surface area contributed by atoms with Gasteiger partial charge in [0.25, 0.3) is 0 Å². The smallest absolute Gasteiger partial charge is 0.0642 e. The lowest BCUT2D eigenvalue weighted by Gasteiger charge is -2.30. The molecule has 2 rings (SSSR count). The Labute approximate surface area is 123 Å². The lowest BCUT2D eigenvalue weighted by molar-refractivity contribution is 0.122. The van der Waals surface area contributed by atoms with Gasteiger partial charge in [-0.1, -0.05) is 0 Å². The molecule has 0 spiro atoms. The molecule has 0 amide bonds. The van der Waals surface area contributed by atoms with E-state index < -0.39 is 0 Å². The van der Waals surface area contributed by atoms with Crippen LogP contribution in [0.1, 0.15) is 13.8 Å². The molecular weight excluding hydrogens is 339 g/mol. The minimum absolute atomic E-state index is 0.839. The zero-order valence-corrected chi connectivity index (χ0v) is 13.3. The summed E-state index contributed by atoms with van der Waals surface area (Å²) in [6.45, 7) is 10.2. The number of ether oxygens (including phenoxy) is 1. The molecular formula is C14H21IN2O. The van der Waals surface area contributed by atoms with E-state index in [1.807, 2.05) is 0 Å². The third kappa shape index (κ3) is 3.29. The van der Waals surface area contributed by atoms with Gasteiger partial charge in [0.1, 0.15) is 0 Å². The van der Waals surface area contributed by atoms with Crippen LogP contribution in [0.25, 0.3) is 0 Å². The first-order chi connectivity index (χ1) is 8.74. The van der Waals surface area contributed by atoms with Crippen molar-refractivity contribution in [1.82, 2.24) is 0 Å². The van der Waals surface area contributed by atoms with Gasteiger partial charge in [-0.05, 0) is 54.6 Å². The van der Waals surface area contributed by atoms with Crippen LogP contribution < -0.4 is 9.80 Å². The van der Waals surface area contributed by atoms with Gasteiger partial charge in [0, 0.05) is 41.1 Å². The third-order valence-electron chi connectivity index (χ3n) is 3.37. The first-order valence-electron chi connectivity index (χ1n) is 6.62. The maximum absolute atomic E-state index is 5.42. The van der Waals surface area contributed by atoms with E-state index in [9.17, 15) is 0 Å². The molecule has 0 atom stereocenters. The molecule has 1 saturated heterocycles. The molecule has 1 fully saturated rings. The van der Waals surface area contributed by atoms with Crippen molar-refractivity contribution in [3.05, 3.63) is 21.8 Å². The number of hydrogen-bond acceptors (Lipinski definition) is 3. The highest BCUT2D eigenvalue weighted by molar-refractivity contribution is 14.1. The molecule has 1 aliphatic rings. The fourth-order valence-corrected chi connectivity index (χ4v) is 2.97. The van der Waals surface area contributed by atoms with Crippen molar-refractivity contribution in [2.45, 2.75) is 13.8 Å². The average molecular weight is 360 g/mol. The van der Waals surface area contributed by atoms with Gasteiger partial charge >= 0.3 is 0 Å². The Balaban J connectivity index is 2.24. The molecule has 0 radical (unpaired) electrons. The lowest BCUT2D eigenvalue weighted by Crippen LogP contribution is -2.36. The van der Waals surface area contributed by atoms with E-state index in [0.29, 0.717) is 0 Å². The predicted molar refractivity (Wildman–Crippen MR) is 85.8 cm³/mol. The van der Waals surface area contributed by atoms with Crippen molar-refractivity contribution in [1.29, 1.82) is 0 Å². The van der Waals surface area contributed by atoms with Crippen LogP contribution in [0.15, 0.2) is 18.2 Å². The zero-order chi connectivity index (χ0) is 13.0. The van der Waals surface area contributed by atoms with Crippen molar-refractivity contribution in [2.24, 2.45) is 0 Å². The minimum atomic E-state index is 0.839. The maximum atomic E-state index is 5.42. The fraction of sp³-hybridized carbons (Fsp3) is 0.571. The average Bonchev–Trinajstić information content (AvgIpc) is 2.40.